The number of nitrogens with one attached hydrogen (secondary N) is 2. The second-order valence-corrected chi connectivity index (χ2v) is 7.32. The maximum atomic E-state index is 12.9. The largest absolute Gasteiger partial charge is 0.396 e. The second-order valence-electron chi connectivity index (χ2n) is 7.32. The Morgan fingerprint density at radius 3 is 2.50 bits per heavy atom. The molecule has 1 unspecified atom stereocenters. The quantitative estimate of drug-likeness (QED) is 0.685. The van der Waals surface area contributed by atoms with Crippen LogP contribution in [0.2, 0.25) is 0 Å². The highest BCUT2D eigenvalue weighted by atomic mass is 16.3. The summed E-state index contributed by atoms with van der Waals surface area (Å²) in [4.78, 5) is 30.9. The zero-order valence-corrected chi connectivity index (χ0v) is 15.6. The van der Waals surface area contributed by atoms with Crippen molar-refractivity contribution in [3.8, 4) is 0 Å². The van der Waals surface area contributed by atoms with Crippen LogP contribution in [-0.2, 0) is 11.3 Å². The number of piperidine rings is 1. The molecule has 1 aromatic rings. The van der Waals surface area contributed by atoms with Crippen molar-refractivity contribution in [3.63, 3.8) is 0 Å². The predicted molar refractivity (Wildman–Crippen MR) is 99.2 cm³/mol. The topological polar surface area (TPSA) is 94.6 Å². The summed E-state index contributed by atoms with van der Waals surface area (Å²) in [5.41, 5.74) is 0.952. The third-order valence-corrected chi connectivity index (χ3v) is 4.70. The van der Waals surface area contributed by atoms with Gasteiger partial charge in [0.2, 0.25) is 5.91 Å². The van der Waals surface area contributed by atoms with Crippen LogP contribution in [0.1, 0.15) is 38.7 Å². The molecule has 3 amide bonds. The lowest BCUT2D eigenvalue weighted by atomic mass is 9.96. The van der Waals surface area contributed by atoms with E-state index >= 15 is 0 Å². The van der Waals surface area contributed by atoms with E-state index in [1.54, 1.807) is 12.4 Å². The van der Waals surface area contributed by atoms with Gasteiger partial charge in [-0.15, -0.1) is 0 Å². The lowest BCUT2D eigenvalue weighted by Crippen LogP contribution is -2.53. The summed E-state index contributed by atoms with van der Waals surface area (Å²) < 4.78 is 0. The van der Waals surface area contributed by atoms with E-state index in [4.69, 9.17) is 0 Å². The number of amides is 3. The number of likely N-dealkylation sites (tertiary alicyclic amines) is 1. The highest BCUT2D eigenvalue weighted by Gasteiger charge is 2.29. The number of hydrogen-bond donors (Lipinski definition) is 3. The molecule has 0 bridgehead atoms. The van der Waals surface area contributed by atoms with Crippen molar-refractivity contribution in [3.05, 3.63) is 30.1 Å². The number of hydrogen-bond acceptors (Lipinski definition) is 4. The van der Waals surface area contributed by atoms with Crippen LogP contribution >= 0.6 is 0 Å². The van der Waals surface area contributed by atoms with Gasteiger partial charge in [-0.25, -0.2) is 4.79 Å². The molecule has 2 heterocycles. The van der Waals surface area contributed by atoms with Crippen LogP contribution in [0.15, 0.2) is 24.5 Å². The van der Waals surface area contributed by atoms with Crippen LogP contribution in [-0.4, -0.2) is 52.7 Å². The normalized spacial score (nSPS) is 16.4. The maximum Gasteiger partial charge on any atom is 0.315 e. The van der Waals surface area contributed by atoms with Crippen LogP contribution in [0.25, 0.3) is 0 Å². The van der Waals surface area contributed by atoms with Gasteiger partial charge in [0, 0.05) is 38.6 Å². The van der Waals surface area contributed by atoms with Crippen molar-refractivity contribution in [2.75, 3.05) is 19.7 Å². The Kier molecular flexibility index (Phi) is 7.84. The van der Waals surface area contributed by atoms with E-state index in [9.17, 15) is 14.7 Å². The minimum atomic E-state index is -0.530. The molecule has 7 nitrogen and oxygen atoms in total. The fourth-order valence-corrected chi connectivity index (χ4v) is 3.14. The molecule has 0 aliphatic carbocycles. The Morgan fingerprint density at radius 1 is 1.27 bits per heavy atom. The Bertz CT molecular complexity index is 571. The molecule has 1 aliphatic heterocycles. The summed E-state index contributed by atoms with van der Waals surface area (Å²) in [7, 11) is 0. The van der Waals surface area contributed by atoms with E-state index in [0.717, 1.165) is 18.4 Å². The van der Waals surface area contributed by atoms with Gasteiger partial charge in [-0.05, 0) is 48.8 Å². The van der Waals surface area contributed by atoms with Crippen molar-refractivity contribution < 1.29 is 14.7 Å². The summed E-state index contributed by atoms with van der Waals surface area (Å²) in [6, 6.07) is 2.80. The van der Waals surface area contributed by atoms with Crippen molar-refractivity contribution >= 4 is 11.9 Å². The highest BCUT2D eigenvalue weighted by Crippen LogP contribution is 2.18. The Balaban J connectivity index is 1.89. The van der Waals surface area contributed by atoms with Gasteiger partial charge in [-0.2, -0.15) is 0 Å². The molecule has 26 heavy (non-hydrogen) atoms. The number of pyridine rings is 1. The number of carbonyl (C=O) groups is 2. The summed E-state index contributed by atoms with van der Waals surface area (Å²) in [5.74, 6) is 0.535. The van der Waals surface area contributed by atoms with E-state index in [1.165, 1.54) is 0 Å². The van der Waals surface area contributed by atoms with E-state index in [2.05, 4.69) is 15.6 Å². The summed E-state index contributed by atoms with van der Waals surface area (Å²) in [5, 5.41) is 14.9. The fourth-order valence-electron chi connectivity index (χ4n) is 3.14. The van der Waals surface area contributed by atoms with E-state index in [-0.39, 0.29) is 24.5 Å². The predicted octanol–water partition coefficient (Wildman–Crippen LogP) is 1.53. The van der Waals surface area contributed by atoms with Gasteiger partial charge >= 0.3 is 6.03 Å². The molecule has 144 valence electrons. The Labute approximate surface area is 155 Å². The summed E-state index contributed by atoms with van der Waals surface area (Å²) >= 11 is 0. The summed E-state index contributed by atoms with van der Waals surface area (Å²) in [6.07, 6.45) is 5.57. The molecule has 3 N–H and O–H groups in total. The smallest absolute Gasteiger partial charge is 0.315 e. The molecule has 0 aromatic carbocycles. The molecule has 1 atom stereocenters. The minimum Gasteiger partial charge on any atom is -0.396 e. The number of aromatic nitrogens is 1. The molecule has 1 fully saturated rings. The van der Waals surface area contributed by atoms with Gasteiger partial charge in [0.25, 0.3) is 0 Å². The molecule has 0 radical (unpaired) electrons. The van der Waals surface area contributed by atoms with Crippen molar-refractivity contribution in [1.82, 2.24) is 20.5 Å². The average Bonchev–Trinajstić information content (AvgIpc) is 2.66. The molecule has 1 aromatic heterocycles. The first-order valence-electron chi connectivity index (χ1n) is 9.32. The average molecular weight is 362 g/mol. The summed E-state index contributed by atoms with van der Waals surface area (Å²) in [6.45, 7) is 5.91. The van der Waals surface area contributed by atoms with Crippen LogP contribution in [0, 0.1) is 11.8 Å². The monoisotopic (exact) mass is 362 g/mol. The molecular formula is C19H30N4O3. The standard InChI is InChI=1S/C19H30N4O3/c1-14(2)11-17(18(25)23-9-5-16(13-24)6-10-23)22-19(26)21-12-15-3-7-20-8-4-15/h3-4,7-8,14,16-17,24H,5-6,9-13H2,1-2H3,(H2,21,22,26). The highest BCUT2D eigenvalue weighted by molar-refractivity contribution is 5.87. The number of rotatable bonds is 7. The zero-order valence-electron chi connectivity index (χ0n) is 15.6. The number of urea groups is 1. The Morgan fingerprint density at radius 2 is 1.92 bits per heavy atom. The number of nitrogens with zero attached hydrogens (tertiary/aromatic N) is 2. The fraction of sp³-hybridized carbons (Fsp3) is 0.632. The van der Waals surface area contributed by atoms with Crippen LogP contribution in [0.4, 0.5) is 4.79 Å². The molecular weight excluding hydrogens is 332 g/mol. The van der Waals surface area contributed by atoms with E-state index in [0.29, 0.717) is 32.0 Å². The molecule has 7 heteroatoms. The zero-order chi connectivity index (χ0) is 18.9. The van der Waals surface area contributed by atoms with Crippen molar-refractivity contribution in [2.45, 2.75) is 45.7 Å². The number of carbonyl (C=O) groups excluding carboxylic acids is 2. The van der Waals surface area contributed by atoms with Gasteiger partial charge in [0.15, 0.2) is 0 Å². The van der Waals surface area contributed by atoms with Crippen LogP contribution in [0.3, 0.4) is 0 Å². The molecule has 2 rings (SSSR count). The lowest BCUT2D eigenvalue weighted by Gasteiger charge is -2.34. The number of aliphatic hydroxyl groups excluding tert-OH is 1. The Hall–Kier alpha value is -2.15. The first-order valence-corrected chi connectivity index (χ1v) is 9.32. The third kappa shape index (κ3) is 6.29. The van der Waals surface area contributed by atoms with Crippen LogP contribution in [0.5, 0.6) is 0 Å². The third-order valence-electron chi connectivity index (χ3n) is 4.70. The SMILES string of the molecule is CC(C)CC(NC(=O)NCc1ccncc1)C(=O)N1CCC(CO)CC1. The van der Waals surface area contributed by atoms with Gasteiger partial charge in [0.1, 0.15) is 6.04 Å². The maximum absolute atomic E-state index is 12.9. The molecule has 1 saturated heterocycles. The number of aliphatic hydroxyl groups is 1. The van der Waals surface area contributed by atoms with Gasteiger partial charge in [0.05, 0.1) is 0 Å². The first-order chi connectivity index (χ1) is 12.5. The van der Waals surface area contributed by atoms with Crippen molar-refractivity contribution in [1.29, 1.82) is 0 Å². The lowest BCUT2D eigenvalue weighted by molar-refractivity contribution is -0.135. The van der Waals surface area contributed by atoms with E-state index in [1.807, 2.05) is 30.9 Å². The van der Waals surface area contributed by atoms with Gasteiger partial charge in [-0.1, -0.05) is 13.8 Å². The second kappa shape index (κ2) is 10.1. The molecule has 0 saturated carbocycles. The van der Waals surface area contributed by atoms with Crippen LogP contribution < -0.4 is 10.6 Å². The first kappa shape index (κ1) is 20.2. The van der Waals surface area contributed by atoms with Gasteiger partial charge < -0.3 is 20.6 Å². The van der Waals surface area contributed by atoms with E-state index < -0.39 is 6.04 Å². The molecule has 0 spiro atoms. The molecule has 1 aliphatic rings. The van der Waals surface area contributed by atoms with Gasteiger partial charge in [-0.3, -0.25) is 9.78 Å². The van der Waals surface area contributed by atoms with Crippen molar-refractivity contribution in [2.24, 2.45) is 11.8 Å². The minimum absolute atomic E-state index is 0.0332.